The number of hydrogen-bond acceptors (Lipinski definition) is 3. The molecule has 0 rings (SSSR count). The van der Waals surface area contributed by atoms with Crippen LogP contribution in [-0.4, -0.2) is 29.3 Å². The van der Waals surface area contributed by atoms with Crippen molar-refractivity contribution in [3.63, 3.8) is 0 Å². The van der Waals surface area contributed by atoms with Gasteiger partial charge in [0, 0.05) is 0 Å². The van der Waals surface area contributed by atoms with Crippen molar-refractivity contribution in [2.45, 2.75) is 0 Å². The van der Waals surface area contributed by atoms with Crippen molar-refractivity contribution < 1.29 is 9.90 Å². The number of amidine groups is 1. The maximum Gasteiger partial charge on any atom is 0.265 e. The third kappa shape index (κ3) is 4.11. The van der Waals surface area contributed by atoms with Crippen LogP contribution in [0, 0.1) is 0 Å². The van der Waals surface area contributed by atoms with Gasteiger partial charge in [0.25, 0.3) is 5.91 Å². The third-order valence-corrected chi connectivity index (χ3v) is 0.879. The molecule has 10 heavy (non-hydrogen) atoms. The highest BCUT2D eigenvalue weighted by atomic mass is 35.5. The molecule has 6 heteroatoms. The highest BCUT2D eigenvalue weighted by molar-refractivity contribution is 6.27. The molecule has 0 fully saturated rings. The van der Waals surface area contributed by atoms with Crippen LogP contribution in [0.3, 0.4) is 0 Å². The Labute approximate surface area is 62.8 Å². The zero-order valence-corrected chi connectivity index (χ0v) is 5.93. The lowest BCUT2D eigenvalue weighted by Gasteiger charge is -1.95. The summed E-state index contributed by atoms with van der Waals surface area (Å²) in [7, 11) is 0. The van der Waals surface area contributed by atoms with E-state index in [0.29, 0.717) is 0 Å². The van der Waals surface area contributed by atoms with Gasteiger partial charge in [-0.3, -0.25) is 4.79 Å². The van der Waals surface area contributed by atoms with E-state index in [0.717, 1.165) is 0 Å². The van der Waals surface area contributed by atoms with Crippen LogP contribution in [-0.2, 0) is 4.79 Å². The molecular formula is C4H8ClN3O2. The number of aliphatic hydroxyl groups is 1. The molecule has 58 valence electrons. The molecule has 4 N–H and O–H groups in total. The van der Waals surface area contributed by atoms with Gasteiger partial charge in [-0.1, -0.05) is 0 Å². The smallest absolute Gasteiger partial charge is 0.265 e. The Morgan fingerprint density at radius 1 is 1.80 bits per heavy atom. The quantitative estimate of drug-likeness (QED) is 0.208. The van der Waals surface area contributed by atoms with Crippen molar-refractivity contribution in [3.05, 3.63) is 0 Å². The first kappa shape index (κ1) is 9.19. The number of carbonyl (C=O) groups excluding carboxylic acids is 1. The molecule has 0 aromatic carbocycles. The number of nitrogens with one attached hydrogen (secondary N) is 1. The molecule has 0 spiro atoms. The van der Waals surface area contributed by atoms with Gasteiger partial charge < -0.3 is 10.8 Å². The number of aliphatic hydroxyl groups excluding tert-OH is 1. The summed E-state index contributed by atoms with van der Waals surface area (Å²) in [5.74, 6) is -0.470. The number of carbonyl (C=O) groups is 1. The standard InChI is InChI=1S/C4H8ClN3O2/c5-1-3(6)7-8-4(10)2-9/h9H,1-2H2,(H2,6,7)(H,8,10). The van der Waals surface area contributed by atoms with Crippen LogP contribution in [0.15, 0.2) is 5.10 Å². The van der Waals surface area contributed by atoms with E-state index in [1.807, 2.05) is 5.43 Å². The topological polar surface area (TPSA) is 87.7 Å². The molecule has 1 amide bonds. The minimum Gasteiger partial charge on any atom is -0.386 e. The summed E-state index contributed by atoms with van der Waals surface area (Å²) in [4.78, 5) is 10.3. The predicted molar refractivity (Wildman–Crippen MR) is 37.6 cm³/mol. The maximum absolute atomic E-state index is 10.3. The summed E-state index contributed by atoms with van der Waals surface area (Å²) >= 11 is 5.21. The van der Waals surface area contributed by atoms with E-state index in [1.165, 1.54) is 0 Å². The Balaban J connectivity index is 3.61. The zero-order chi connectivity index (χ0) is 7.98. The zero-order valence-electron chi connectivity index (χ0n) is 5.17. The van der Waals surface area contributed by atoms with E-state index < -0.39 is 12.5 Å². The number of rotatable bonds is 3. The van der Waals surface area contributed by atoms with Crippen LogP contribution in [0.1, 0.15) is 0 Å². The normalized spacial score (nSPS) is 11.2. The highest BCUT2D eigenvalue weighted by Crippen LogP contribution is 1.73. The number of alkyl halides is 1. The van der Waals surface area contributed by atoms with Gasteiger partial charge in [0.2, 0.25) is 0 Å². The number of amides is 1. The van der Waals surface area contributed by atoms with E-state index in [1.54, 1.807) is 0 Å². The molecule has 0 heterocycles. The largest absolute Gasteiger partial charge is 0.386 e. The van der Waals surface area contributed by atoms with Crippen LogP contribution < -0.4 is 11.2 Å². The minimum absolute atomic E-state index is 0.0473. The fraction of sp³-hybridized carbons (Fsp3) is 0.500. The van der Waals surface area contributed by atoms with E-state index in [9.17, 15) is 4.79 Å². The fourth-order valence-electron chi connectivity index (χ4n) is 0.199. The van der Waals surface area contributed by atoms with E-state index in [4.69, 9.17) is 22.4 Å². The molecule has 0 aliphatic rings. The number of hydrazone groups is 1. The average Bonchev–Trinajstić information content (AvgIpc) is 1.99. The van der Waals surface area contributed by atoms with Gasteiger partial charge in [-0.2, -0.15) is 5.10 Å². The van der Waals surface area contributed by atoms with Crippen molar-refractivity contribution in [2.75, 3.05) is 12.5 Å². The SMILES string of the molecule is N/C(CCl)=N\NC(=O)CO. The van der Waals surface area contributed by atoms with Crippen molar-refractivity contribution in [1.82, 2.24) is 5.43 Å². The van der Waals surface area contributed by atoms with Crippen LogP contribution in [0.2, 0.25) is 0 Å². The molecule has 0 aliphatic heterocycles. The summed E-state index contributed by atoms with van der Waals surface area (Å²) in [6, 6.07) is 0. The lowest BCUT2D eigenvalue weighted by Crippen LogP contribution is -2.25. The van der Waals surface area contributed by atoms with Crippen LogP contribution in [0.25, 0.3) is 0 Å². The molecule has 0 aromatic rings. The second kappa shape index (κ2) is 5.01. The van der Waals surface area contributed by atoms with E-state index >= 15 is 0 Å². The summed E-state index contributed by atoms with van der Waals surface area (Å²) in [5.41, 5.74) is 7.07. The first-order valence-corrected chi connectivity index (χ1v) is 3.02. The molecular weight excluding hydrogens is 158 g/mol. The van der Waals surface area contributed by atoms with Gasteiger partial charge in [0.1, 0.15) is 12.4 Å². The Kier molecular flexibility index (Phi) is 4.61. The summed E-state index contributed by atoms with van der Waals surface area (Å²) in [5, 5.41) is 11.5. The number of nitrogens with two attached hydrogens (primary N) is 1. The number of hydrogen-bond donors (Lipinski definition) is 3. The van der Waals surface area contributed by atoms with Gasteiger partial charge in [0.15, 0.2) is 0 Å². The fourth-order valence-corrected chi connectivity index (χ4v) is 0.259. The average molecular weight is 166 g/mol. The molecule has 0 aromatic heterocycles. The predicted octanol–water partition coefficient (Wildman–Crippen LogP) is -1.39. The Morgan fingerprint density at radius 2 is 2.40 bits per heavy atom. The number of halogens is 1. The van der Waals surface area contributed by atoms with Gasteiger partial charge >= 0.3 is 0 Å². The Bertz CT molecular complexity index is 147. The monoisotopic (exact) mass is 165 g/mol. The maximum atomic E-state index is 10.3. The van der Waals surface area contributed by atoms with Crippen molar-refractivity contribution >= 4 is 23.3 Å². The molecule has 0 atom stereocenters. The summed E-state index contributed by atoms with van der Waals surface area (Å²) in [6.45, 7) is -0.612. The van der Waals surface area contributed by atoms with Crippen molar-refractivity contribution in [1.29, 1.82) is 0 Å². The second-order valence-corrected chi connectivity index (χ2v) is 1.70. The van der Waals surface area contributed by atoms with Gasteiger partial charge in [-0.05, 0) is 0 Å². The highest BCUT2D eigenvalue weighted by Gasteiger charge is 1.94. The molecule has 0 saturated carbocycles. The molecule has 0 radical (unpaired) electrons. The molecule has 0 bridgehead atoms. The Hall–Kier alpha value is -0.810. The van der Waals surface area contributed by atoms with E-state index in [-0.39, 0.29) is 11.7 Å². The van der Waals surface area contributed by atoms with Gasteiger partial charge in [0.05, 0.1) is 5.88 Å². The first-order chi connectivity index (χ1) is 4.70. The summed E-state index contributed by atoms with van der Waals surface area (Å²) < 4.78 is 0. The van der Waals surface area contributed by atoms with Gasteiger partial charge in [-0.25, -0.2) is 5.43 Å². The molecule has 5 nitrogen and oxygen atoms in total. The Morgan fingerprint density at radius 3 is 2.80 bits per heavy atom. The second-order valence-electron chi connectivity index (χ2n) is 1.43. The minimum atomic E-state index is -0.618. The molecule has 0 unspecified atom stereocenters. The van der Waals surface area contributed by atoms with Gasteiger partial charge in [-0.15, -0.1) is 11.6 Å². The van der Waals surface area contributed by atoms with Crippen LogP contribution in [0.4, 0.5) is 0 Å². The lowest BCUT2D eigenvalue weighted by molar-refractivity contribution is -0.123. The third-order valence-electron chi connectivity index (χ3n) is 0.605. The van der Waals surface area contributed by atoms with E-state index in [2.05, 4.69) is 5.10 Å². The molecule has 0 saturated heterocycles. The lowest BCUT2D eigenvalue weighted by atomic mass is 10.7. The molecule has 0 aliphatic carbocycles. The van der Waals surface area contributed by atoms with Crippen molar-refractivity contribution in [3.8, 4) is 0 Å². The number of nitrogens with zero attached hydrogens (tertiary/aromatic N) is 1. The van der Waals surface area contributed by atoms with Crippen LogP contribution >= 0.6 is 11.6 Å². The van der Waals surface area contributed by atoms with Crippen molar-refractivity contribution in [2.24, 2.45) is 10.8 Å². The summed E-state index contributed by atoms with van der Waals surface area (Å²) in [6.07, 6.45) is 0. The first-order valence-electron chi connectivity index (χ1n) is 2.48. The van der Waals surface area contributed by atoms with Crippen LogP contribution in [0.5, 0.6) is 0 Å².